The van der Waals surface area contributed by atoms with Crippen LogP contribution in [0.25, 0.3) is 0 Å². The van der Waals surface area contributed by atoms with Crippen LogP contribution in [0.15, 0.2) is 18.2 Å². The van der Waals surface area contributed by atoms with Crippen LogP contribution in [-0.4, -0.2) is 37.4 Å². The third-order valence-electron chi connectivity index (χ3n) is 2.19. The molecule has 0 aromatic heterocycles. The largest absolute Gasteiger partial charge is 0.394 e. The number of halogens is 1. The molecular formula is C12H16ClNO3. The molecule has 0 spiro atoms. The van der Waals surface area contributed by atoms with Crippen LogP contribution in [-0.2, 0) is 4.74 Å². The maximum atomic E-state index is 11.7. The van der Waals surface area contributed by atoms with Crippen molar-refractivity contribution in [2.75, 3.05) is 26.4 Å². The van der Waals surface area contributed by atoms with Crippen molar-refractivity contribution in [3.63, 3.8) is 0 Å². The van der Waals surface area contributed by atoms with Crippen molar-refractivity contribution in [2.45, 2.75) is 6.92 Å². The molecule has 0 aliphatic heterocycles. The number of nitrogens with one attached hydrogen (secondary N) is 1. The standard InChI is InChI=1S/C12H16ClNO3/c1-9-8-10(2-3-11(9)13)12(16)14-4-6-17-7-5-15/h2-3,8,15H,4-7H2,1H3,(H,14,16). The highest BCUT2D eigenvalue weighted by atomic mass is 35.5. The Kier molecular flexibility index (Phi) is 5.97. The van der Waals surface area contributed by atoms with Crippen molar-refractivity contribution in [3.8, 4) is 0 Å². The van der Waals surface area contributed by atoms with E-state index in [0.29, 0.717) is 23.7 Å². The predicted octanol–water partition coefficient (Wildman–Crippen LogP) is 1.39. The number of carbonyl (C=O) groups is 1. The van der Waals surface area contributed by atoms with E-state index in [1.54, 1.807) is 18.2 Å². The lowest BCUT2D eigenvalue weighted by Gasteiger charge is -2.06. The van der Waals surface area contributed by atoms with Gasteiger partial charge in [0, 0.05) is 17.1 Å². The smallest absolute Gasteiger partial charge is 0.251 e. The van der Waals surface area contributed by atoms with Gasteiger partial charge in [0.2, 0.25) is 0 Å². The van der Waals surface area contributed by atoms with Crippen molar-refractivity contribution < 1.29 is 14.6 Å². The lowest BCUT2D eigenvalue weighted by Crippen LogP contribution is -2.27. The fourth-order valence-electron chi connectivity index (χ4n) is 1.29. The van der Waals surface area contributed by atoms with Gasteiger partial charge in [0.05, 0.1) is 19.8 Å². The summed E-state index contributed by atoms with van der Waals surface area (Å²) in [5, 5.41) is 11.8. The van der Waals surface area contributed by atoms with Crippen molar-refractivity contribution in [1.82, 2.24) is 5.32 Å². The number of aryl methyl sites for hydroxylation is 1. The summed E-state index contributed by atoms with van der Waals surface area (Å²) in [7, 11) is 0. The van der Waals surface area contributed by atoms with E-state index in [2.05, 4.69) is 5.32 Å². The van der Waals surface area contributed by atoms with Crippen molar-refractivity contribution >= 4 is 17.5 Å². The maximum Gasteiger partial charge on any atom is 0.251 e. The summed E-state index contributed by atoms with van der Waals surface area (Å²) in [6.45, 7) is 2.93. The zero-order valence-electron chi connectivity index (χ0n) is 9.70. The summed E-state index contributed by atoms with van der Waals surface area (Å²) in [6, 6.07) is 5.12. The molecule has 1 aromatic rings. The molecular weight excluding hydrogens is 242 g/mol. The number of rotatable bonds is 6. The minimum atomic E-state index is -0.155. The van der Waals surface area contributed by atoms with E-state index in [9.17, 15) is 4.79 Å². The Hall–Kier alpha value is -1.10. The second-order valence-corrected chi connectivity index (χ2v) is 3.96. The van der Waals surface area contributed by atoms with Crippen LogP contribution in [0.1, 0.15) is 15.9 Å². The van der Waals surface area contributed by atoms with E-state index in [4.69, 9.17) is 21.4 Å². The van der Waals surface area contributed by atoms with Gasteiger partial charge in [0.15, 0.2) is 0 Å². The summed E-state index contributed by atoms with van der Waals surface area (Å²) in [4.78, 5) is 11.7. The van der Waals surface area contributed by atoms with Gasteiger partial charge in [0.25, 0.3) is 5.91 Å². The topological polar surface area (TPSA) is 58.6 Å². The zero-order valence-corrected chi connectivity index (χ0v) is 10.5. The number of hydrogen-bond acceptors (Lipinski definition) is 3. The third kappa shape index (κ3) is 4.73. The quantitative estimate of drug-likeness (QED) is 0.757. The molecule has 4 nitrogen and oxygen atoms in total. The molecule has 2 N–H and O–H groups in total. The van der Waals surface area contributed by atoms with Gasteiger partial charge in [0.1, 0.15) is 0 Å². The normalized spacial score (nSPS) is 10.3. The van der Waals surface area contributed by atoms with Crippen LogP contribution in [0.3, 0.4) is 0 Å². The Morgan fingerprint density at radius 3 is 2.88 bits per heavy atom. The van der Waals surface area contributed by atoms with E-state index >= 15 is 0 Å². The first-order valence-electron chi connectivity index (χ1n) is 5.38. The van der Waals surface area contributed by atoms with Gasteiger partial charge in [-0.1, -0.05) is 11.6 Å². The monoisotopic (exact) mass is 257 g/mol. The lowest BCUT2D eigenvalue weighted by atomic mass is 10.1. The van der Waals surface area contributed by atoms with E-state index in [-0.39, 0.29) is 19.1 Å². The van der Waals surface area contributed by atoms with Crippen LogP contribution in [0, 0.1) is 6.92 Å². The number of amides is 1. The second-order valence-electron chi connectivity index (χ2n) is 3.56. The molecule has 0 saturated heterocycles. The Morgan fingerprint density at radius 1 is 1.47 bits per heavy atom. The molecule has 17 heavy (non-hydrogen) atoms. The molecule has 0 aliphatic carbocycles. The van der Waals surface area contributed by atoms with Crippen LogP contribution in [0.4, 0.5) is 0 Å². The molecule has 0 aliphatic rings. The van der Waals surface area contributed by atoms with Crippen molar-refractivity contribution in [1.29, 1.82) is 0 Å². The number of aliphatic hydroxyl groups is 1. The first kappa shape index (κ1) is 14.0. The molecule has 0 bridgehead atoms. The minimum Gasteiger partial charge on any atom is -0.394 e. The SMILES string of the molecule is Cc1cc(C(=O)NCCOCCO)ccc1Cl. The molecule has 5 heteroatoms. The van der Waals surface area contributed by atoms with Crippen LogP contribution in [0.2, 0.25) is 5.02 Å². The summed E-state index contributed by atoms with van der Waals surface area (Å²) in [5.41, 5.74) is 1.45. The Balaban J connectivity index is 2.39. The Morgan fingerprint density at radius 2 is 2.24 bits per heavy atom. The van der Waals surface area contributed by atoms with E-state index in [1.165, 1.54) is 0 Å². The highest BCUT2D eigenvalue weighted by Gasteiger charge is 2.06. The van der Waals surface area contributed by atoms with Crippen LogP contribution in [0.5, 0.6) is 0 Å². The zero-order chi connectivity index (χ0) is 12.7. The first-order valence-corrected chi connectivity index (χ1v) is 5.76. The molecule has 0 radical (unpaired) electrons. The highest BCUT2D eigenvalue weighted by molar-refractivity contribution is 6.31. The number of hydrogen-bond donors (Lipinski definition) is 2. The Labute approximate surface area is 106 Å². The molecule has 94 valence electrons. The summed E-state index contributed by atoms with van der Waals surface area (Å²) in [5.74, 6) is -0.155. The lowest BCUT2D eigenvalue weighted by molar-refractivity contribution is 0.0838. The summed E-state index contributed by atoms with van der Waals surface area (Å²) in [6.07, 6.45) is 0. The molecule has 1 rings (SSSR count). The first-order chi connectivity index (χ1) is 8.15. The van der Waals surface area contributed by atoms with Gasteiger partial charge in [-0.25, -0.2) is 0 Å². The molecule has 0 unspecified atom stereocenters. The average Bonchev–Trinajstić information content (AvgIpc) is 2.32. The third-order valence-corrected chi connectivity index (χ3v) is 2.61. The van der Waals surface area contributed by atoms with Gasteiger partial charge in [-0.05, 0) is 30.7 Å². The molecule has 1 amide bonds. The van der Waals surface area contributed by atoms with E-state index in [1.807, 2.05) is 6.92 Å². The highest BCUT2D eigenvalue weighted by Crippen LogP contribution is 2.15. The van der Waals surface area contributed by atoms with Gasteiger partial charge >= 0.3 is 0 Å². The molecule has 0 heterocycles. The minimum absolute atomic E-state index is 0.00960. The number of aliphatic hydroxyl groups excluding tert-OH is 1. The van der Waals surface area contributed by atoms with Crippen LogP contribution >= 0.6 is 11.6 Å². The molecule has 0 fully saturated rings. The van der Waals surface area contributed by atoms with Gasteiger partial charge in [-0.2, -0.15) is 0 Å². The Bertz CT molecular complexity index is 382. The predicted molar refractivity (Wildman–Crippen MR) is 66.4 cm³/mol. The van der Waals surface area contributed by atoms with E-state index < -0.39 is 0 Å². The summed E-state index contributed by atoms with van der Waals surface area (Å²) < 4.78 is 5.03. The van der Waals surface area contributed by atoms with Gasteiger partial charge in [-0.15, -0.1) is 0 Å². The van der Waals surface area contributed by atoms with Crippen molar-refractivity contribution in [3.05, 3.63) is 34.3 Å². The van der Waals surface area contributed by atoms with Crippen molar-refractivity contribution in [2.24, 2.45) is 0 Å². The number of ether oxygens (including phenoxy) is 1. The van der Waals surface area contributed by atoms with Gasteiger partial charge < -0.3 is 15.2 Å². The summed E-state index contributed by atoms with van der Waals surface area (Å²) >= 11 is 5.87. The maximum absolute atomic E-state index is 11.7. The molecule has 0 atom stereocenters. The van der Waals surface area contributed by atoms with Crippen LogP contribution < -0.4 is 5.32 Å². The average molecular weight is 258 g/mol. The number of carbonyl (C=O) groups excluding carboxylic acids is 1. The second kappa shape index (κ2) is 7.27. The molecule has 0 saturated carbocycles. The fraction of sp³-hybridized carbons (Fsp3) is 0.417. The fourth-order valence-corrected chi connectivity index (χ4v) is 1.41. The van der Waals surface area contributed by atoms with Gasteiger partial charge in [-0.3, -0.25) is 4.79 Å². The molecule has 1 aromatic carbocycles. The number of benzene rings is 1. The van der Waals surface area contributed by atoms with E-state index in [0.717, 1.165) is 5.56 Å².